The SMILES string of the molecule is CCNC(=NCC(=O)NCc1ccccc1)NCCc1ccc2c(c1)OCO2. The first kappa shape index (κ1) is 19.5. The molecular formula is C21H26N4O3. The van der Waals surface area contributed by atoms with Crippen molar-refractivity contribution in [1.29, 1.82) is 0 Å². The molecule has 1 aliphatic heterocycles. The zero-order chi connectivity index (χ0) is 19.6. The molecule has 0 aliphatic carbocycles. The lowest BCUT2D eigenvalue weighted by atomic mass is 10.1. The number of ether oxygens (including phenoxy) is 2. The third-order valence-corrected chi connectivity index (χ3v) is 4.20. The summed E-state index contributed by atoms with van der Waals surface area (Å²) in [5, 5.41) is 9.28. The van der Waals surface area contributed by atoms with Crippen LogP contribution in [0.25, 0.3) is 0 Å². The van der Waals surface area contributed by atoms with E-state index in [9.17, 15) is 4.79 Å². The van der Waals surface area contributed by atoms with E-state index in [1.807, 2.05) is 55.5 Å². The first-order chi connectivity index (χ1) is 13.7. The van der Waals surface area contributed by atoms with Crippen LogP contribution in [-0.2, 0) is 17.8 Å². The normalized spacial score (nSPS) is 12.5. The first-order valence-corrected chi connectivity index (χ1v) is 9.46. The van der Waals surface area contributed by atoms with Crippen LogP contribution in [0.4, 0.5) is 0 Å². The number of carbonyl (C=O) groups is 1. The average Bonchev–Trinajstić information content (AvgIpc) is 3.19. The molecule has 0 radical (unpaired) electrons. The van der Waals surface area contributed by atoms with Gasteiger partial charge < -0.3 is 25.4 Å². The van der Waals surface area contributed by atoms with E-state index in [1.165, 1.54) is 0 Å². The highest BCUT2D eigenvalue weighted by Gasteiger charge is 2.13. The van der Waals surface area contributed by atoms with E-state index < -0.39 is 0 Å². The third-order valence-electron chi connectivity index (χ3n) is 4.20. The van der Waals surface area contributed by atoms with Crippen LogP contribution in [0.3, 0.4) is 0 Å². The van der Waals surface area contributed by atoms with E-state index in [-0.39, 0.29) is 19.2 Å². The Balaban J connectivity index is 1.43. The number of aliphatic imine (C=N–C) groups is 1. The van der Waals surface area contributed by atoms with Gasteiger partial charge in [0.2, 0.25) is 12.7 Å². The highest BCUT2D eigenvalue weighted by atomic mass is 16.7. The summed E-state index contributed by atoms with van der Waals surface area (Å²) < 4.78 is 10.7. The molecule has 1 heterocycles. The second-order valence-corrected chi connectivity index (χ2v) is 6.32. The lowest BCUT2D eigenvalue weighted by molar-refractivity contribution is -0.119. The smallest absolute Gasteiger partial charge is 0.242 e. The van der Waals surface area contributed by atoms with Crippen molar-refractivity contribution in [2.45, 2.75) is 19.9 Å². The Bertz CT molecular complexity index is 809. The van der Waals surface area contributed by atoms with E-state index in [2.05, 4.69) is 20.9 Å². The van der Waals surface area contributed by atoms with Gasteiger partial charge in [-0.05, 0) is 36.6 Å². The fraction of sp³-hybridized carbons (Fsp3) is 0.333. The van der Waals surface area contributed by atoms with Crippen LogP contribution in [0.5, 0.6) is 11.5 Å². The summed E-state index contributed by atoms with van der Waals surface area (Å²) in [5.74, 6) is 2.08. The summed E-state index contributed by atoms with van der Waals surface area (Å²) >= 11 is 0. The number of hydrogen-bond acceptors (Lipinski definition) is 4. The van der Waals surface area contributed by atoms with Crippen molar-refractivity contribution in [2.75, 3.05) is 26.4 Å². The Morgan fingerprint density at radius 2 is 1.82 bits per heavy atom. The predicted molar refractivity (Wildman–Crippen MR) is 109 cm³/mol. The van der Waals surface area contributed by atoms with Crippen LogP contribution in [0, 0.1) is 0 Å². The molecule has 3 rings (SSSR count). The molecular weight excluding hydrogens is 356 g/mol. The van der Waals surface area contributed by atoms with Crippen molar-refractivity contribution in [1.82, 2.24) is 16.0 Å². The number of nitrogens with one attached hydrogen (secondary N) is 3. The molecule has 0 spiro atoms. The largest absolute Gasteiger partial charge is 0.454 e. The van der Waals surface area contributed by atoms with Crippen molar-refractivity contribution >= 4 is 11.9 Å². The maximum Gasteiger partial charge on any atom is 0.242 e. The molecule has 7 heteroatoms. The minimum absolute atomic E-state index is 0.0756. The van der Waals surface area contributed by atoms with E-state index in [1.54, 1.807) is 0 Å². The fourth-order valence-electron chi connectivity index (χ4n) is 2.77. The van der Waals surface area contributed by atoms with E-state index in [0.29, 0.717) is 19.0 Å². The zero-order valence-corrected chi connectivity index (χ0v) is 16.0. The third kappa shape index (κ3) is 5.90. The molecule has 0 fully saturated rings. The lowest BCUT2D eigenvalue weighted by Crippen LogP contribution is -2.39. The monoisotopic (exact) mass is 382 g/mol. The standard InChI is InChI=1S/C21H26N4O3/c1-2-22-21(25-14-20(26)24-13-17-6-4-3-5-7-17)23-11-10-16-8-9-18-19(12-16)28-15-27-18/h3-9,12H,2,10-11,13-15H2,1H3,(H,24,26)(H2,22,23,25). The number of carbonyl (C=O) groups excluding carboxylic acids is 1. The molecule has 148 valence electrons. The number of guanidine groups is 1. The second-order valence-electron chi connectivity index (χ2n) is 6.32. The molecule has 0 saturated heterocycles. The first-order valence-electron chi connectivity index (χ1n) is 9.46. The molecule has 28 heavy (non-hydrogen) atoms. The van der Waals surface area contributed by atoms with Crippen molar-refractivity contribution in [2.24, 2.45) is 4.99 Å². The van der Waals surface area contributed by atoms with Crippen LogP contribution >= 0.6 is 0 Å². The number of nitrogens with zero attached hydrogens (tertiary/aromatic N) is 1. The fourth-order valence-corrected chi connectivity index (χ4v) is 2.77. The molecule has 1 amide bonds. The molecule has 0 aromatic heterocycles. The van der Waals surface area contributed by atoms with Crippen LogP contribution in [0.15, 0.2) is 53.5 Å². The molecule has 7 nitrogen and oxygen atoms in total. The van der Waals surface area contributed by atoms with Crippen LogP contribution in [-0.4, -0.2) is 38.3 Å². The summed E-state index contributed by atoms with van der Waals surface area (Å²) in [7, 11) is 0. The van der Waals surface area contributed by atoms with Gasteiger partial charge in [0, 0.05) is 19.6 Å². The van der Waals surface area contributed by atoms with Gasteiger partial charge in [0.1, 0.15) is 6.54 Å². The quantitative estimate of drug-likeness (QED) is 0.479. The minimum Gasteiger partial charge on any atom is -0.454 e. The molecule has 0 atom stereocenters. The summed E-state index contributed by atoms with van der Waals surface area (Å²) in [6.45, 7) is 4.26. The Morgan fingerprint density at radius 1 is 1.00 bits per heavy atom. The predicted octanol–water partition coefficient (Wildman–Crippen LogP) is 1.83. The molecule has 2 aromatic carbocycles. The molecule has 0 saturated carbocycles. The molecule has 3 N–H and O–H groups in total. The van der Waals surface area contributed by atoms with Crippen LogP contribution in [0.1, 0.15) is 18.1 Å². The summed E-state index contributed by atoms with van der Waals surface area (Å²) in [6, 6.07) is 15.7. The highest BCUT2D eigenvalue weighted by Crippen LogP contribution is 2.32. The molecule has 0 bridgehead atoms. The van der Waals surface area contributed by atoms with Gasteiger partial charge in [-0.25, -0.2) is 4.99 Å². The van der Waals surface area contributed by atoms with Crippen LogP contribution < -0.4 is 25.4 Å². The summed E-state index contributed by atoms with van der Waals surface area (Å²) in [6.07, 6.45) is 0.807. The molecule has 0 unspecified atom stereocenters. The second kappa shape index (κ2) is 10.2. The minimum atomic E-state index is -0.114. The summed E-state index contributed by atoms with van der Waals surface area (Å²) in [5.41, 5.74) is 2.21. The van der Waals surface area contributed by atoms with E-state index in [4.69, 9.17) is 9.47 Å². The van der Waals surface area contributed by atoms with E-state index >= 15 is 0 Å². The van der Waals surface area contributed by atoms with Gasteiger partial charge in [-0.2, -0.15) is 0 Å². The number of rotatable bonds is 8. The topological polar surface area (TPSA) is 84.0 Å². The Labute approximate surface area is 165 Å². The zero-order valence-electron chi connectivity index (χ0n) is 16.0. The van der Waals surface area contributed by atoms with Gasteiger partial charge in [-0.15, -0.1) is 0 Å². The number of benzene rings is 2. The number of amides is 1. The van der Waals surface area contributed by atoms with Gasteiger partial charge in [-0.1, -0.05) is 36.4 Å². The van der Waals surface area contributed by atoms with E-state index in [0.717, 1.165) is 35.6 Å². The average molecular weight is 382 g/mol. The van der Waals surface area contributed by atoms with Crippen molar-refractivity contribution < 1.29 is 14.3 Å². The van der Waals surface area contributed by atoms with Crippen molar-refractivity contribution in [3.05, 3.63) is 59.7 Å². The number of hydrogen-bond donors (Lipinski definition) is 3. The highest BCUT2D eigenvalue weighted by molar-refractivity contribution is 5.84. The Hall–Kier alpha value is -3.22. The Kier molecular flexibility index (Phi) is 7.12. The lowest BCUT2D eigenvalue weighted by Gasteiger charge is -2.11. The number of fused-ring (bicyclic) bond motifs is 1. The van der Waals surface area contributed by atoms with Crippen molar-refractivity contribution in [3.63, 3.8) is 0 Å². The van der Waals surface area contributed by atoms with Gasteiger partial charge in [0.25, 0.3) is 0 Å². The Morgan fingerprint density at radius 3 is 2.64 bits per heavy atom. The van der Waals surface area contributed by atoms with Gasteiger partial charge in [0.15, 0.2) is 17.5 Å². The van der Waals surface area contributed by atoms with Crippen LogP contribution in [0.2, 0.25) is 0 Å². The van der Waals surface area contributed by atoms with Gasteiger partial charge in [0.05, 0.1) is 0 Å². The molecule has 2 aromatic rings. The molecule has 1 aliphatic rings. The summed E-state index contributed by atoms with van der Waals surface area (Å²) in [4.78, 5) is 16.4. The van der Waals surface area contributed by atoms with Crippen molar-refractivity contribution in [3.8, 4) is 11.5 Å². The maximum atomic E-state index is 12.0. The van der Waals surface area contributed by atoms with Gasteiger partial charge in [-0.3, -0.25) is 4.79 Å². The maximum absolute atomic E-state index is 12.0. The van der Waals surface area contributed by atoms with Gasteiger partial charge >= 0.3 is 0 Å².